The number of guanidine groups is 1. The molecule has 0 spiro atoms. The molecule has 2 aliphatic heterocycles. The molecule has 2 aliphatic rings. The van der Waals surface area contributed by atoms with Gasteiger partial charge in [0.05, 0.1) is 19.8 Å². The number of anilines is 1. The SMILES string of the molecule is CC(c1cccc(C(=O)c2ccccc2)c1)c1n[nH]c(N2CCN=C2N2CCOCC2)n1. The highest BCUT2D eigenvalue weighted by atomic mass is 16.5. The summed E-state index contributed by atoms with van der Waals surface area (Å²) in [7, 11) is 0. The molecular weight excluding hydrogens is 404 g/mol. The quantitative estimate of drug-likeness (QED) is 0.627. The predicted octanol–water partition coefficient (Wildman–Crippen LogP) is 2.70. The number of carbonyl (C=O) groups excluding carboxylic acids is 1. The van der Waals surface area contributed by atoms with Crippen LogP contribution in [0.3, 0.4) is 0 Å². The van der Waals surface area contributed by atoms with Gasteiger partial charge in [0.1, 0.15) is 0 Å². The van der Waals surface area contributed by atoms with E-state index in [4.69, 9.17) is 9.72 Å². The maximum absolute atomic E-state index is 12.9. The lowest BCUT2D eigenvalue weighted by Crippen LogP contribution is -2.47. The van der Waals surface area contributed by atoms with E-state index in [1.807, 2.05) is 54.6 Å². The van der Waals surface area contributed by atoms with E-state index in [1.54, 1.807) is 0 Å². The van der Waals surface area contributed by atoms with Crippen LogP contribution in [0, 0.1) is 0 Å². The van der Waals surface area contributed by atoms with Gasteiger partial charge in [0.25, 0.3) is 0 Å². The number of aliphatic imine (C=N–C) groups is 1. The van der Waals surface area contributed by atoms with E-state index in [-0.39, 0.29) is 11.7 Å². The molecule has 0 saturated carbocycles. The van der Waals surface area contributed by atoms with Crippen LogP contribution in [0.15, 0.2) is 59.6 Å². The first-order chi connectivity index (χ1) is 15.7. The van der Waals surface area contributed by atoms with Crippen molar-refractivity contribution < 1.29 is 9.53 Å². The van der Waals surface area contributed by atoms with E-state index in [1.165, 1.54) is 0 Å². The molecule has 1 fully saturated rings. The number of ether oxygens (including phenoxy) is 1. The van der Waals surface area contributed by atoms with Gasteiger partial charge in [0, 0.05) is 36.7 Å². The first-order valence-electron chi connectivity index (χ1n) is 11.0. The third-order valence-corrected chi connectivity index (χ3v) is 5.93. The number of rotatable bonds is 5. The summed E-state index contributed by atoms with van der Waals surface area (Å²) in [6.45, 7) is 6.65. The molecule has 0 radical (unpaired) electrons. The van der Waals surface area contributed by atoms with Gasteiger partial charge in [0.15, 0.2) is 11.6 Å². The third-order valence-electron chi connectivity index (χ3n) is 5.93. The number of benzene rings is 2. The van der Waals surface area contributed by atoms with Crippen LogP contribution in [0.5, 0.6) is 0 Å². The average Bonchev–Trinajstić information content (AvgIpc) is 3.54. The number of ketones is 1. The molecule has 32 heavy (non-hydrogen) atoms. The predicted molar refractivity (Wildman–Crippen MR) is 122 cm³/mol. The van der Waals surface area contributed by atoms with Crippen LogP contribution in [0.2, 0.25) is 0 Å². The summed E-state index contributed by atoms with van der Waals surface area (Å²) in [6.07, 6.45) is 0. The lowest BCUT2D eigenvalue weighted by molar-refractivity contribution is 0.0675. The number of aromatic amines is 1. The normalized spacial score (nSPS) is 17.3. The average molecular weight is 431 g/mol. The highest BCUT2D eigenvalue weighted by molar-refractivity contribution is 6.09. The zero-order valence-electron chi connectivity index (χ0n) is 18.1. The van der Waals surface area contributed by atoms with Gasteiger partial charge in [-0.15, -0.1) is 0 Å². The Kier molecular flexibility index (Phi) is 5.68. The van der Waals surface area contributed by atoms with Gasteiger partial charge in [-0.1, -0.05) is 55.5 Å². The highest BCUT2D eigenvalue weighted by Gasteiger charge is 2.28. The number of nitrogens with one attached hydrogen (secondary N) is 1. The topological polar surface area (TPSA) is 86.7 Å². The molecular formula is C24H26N6O2. The van der Waals surface area contributed by atoms with Crippen LogP contribution in [0.4, 0.5) is 5.95 Å². The molecule has 1 aromatic heterocycles. The van der Waals surface area contributed by atoms with Crippen molar-refractivity contribution in [2.24, 2.45) is 4.99 Å². The lowest BCUT2D eigenvalue weighted by atomic mass is 9.95. The second kappa shape index (κ2) is 8.92. The Bertz CT molecular complexity index is 1120. The summed E-state index contributed by atoms with van der Waals surface area (Å²) in [4.78, 5) is 26.6. The first kappa shape index (κ1) is 20.4. The molecule has 5 rings (SSSR count). The fourth-order valence-electron chi connectivity index (χ4n) is 4.10. The largest absolute Gasteiger partial charge is 0.378 e. The summed E-state index contributed by atoms with van der Waals surface area (Å²) in [5, 5.41) is 7.58. The first-order valence-corrected chi connectivity index (χ1v) is 11.0. The molecule has 1 atom stereocenters. The van der Waals surface area contributed by atoms with Crippen molar-refractivity contribution in [1.82, 2.24) is 20.1 Å². The summed E-state index contributed by atoms with van der Waals surface area (Å²) in [5.74, 6) is 2.27. The van der Waals surface area contributed by atoms with Crippen LogP contribution >= 0.6 is 0 Å². The molecule has 1 saturated heterocycles. The van der Waals surface area contributed by atoms with Crippen LogP contribution in [0.25, 0.3) is 0 Å². The second-order valence-electron chi connectivity index (χ2n) is 7.99. The molecule has 0 bridgehead atoms. The van der Waals surface area contributed by atoms with Crippen molar-refractivity contribution in [3.05, 3.63) is 77.1 Å². The molecule has 2 aromatic carbocycles. The van der Waals surface area contributed by atoms with Gasteiger partial charge in [-0.05, 0) is 11.6 Å². The monoisotopic (exact) mass is 430 g/mol. The Labute approximate surface area is 186 Å². The lowest BCUT2D eigenvalue weighted by Gasteiger charge is -2.32. The molecule has 164 valence electrons. The Morgan fingerprint density at radius 3 is 2.62 bits per heavy atom. The van der Waals surface area contributed by atoms with Crippen LogP contribution in [-0.4, -0.2) is 71.2 Å². The number of morpholine rings is 1. The fraction of sp³-hybridized carbons (Fsp3) is 0.333. The summed E-state index contributed by atoms with van der Waals surface area (Å²) in [5.41, 5.74) is 2.35. The Hall–Kier alpha value is -3.52. The number of nitrogens with zero attached hydrogens (tertiary/aromatic N) is 5. The standard InChI is InChI=1S/C24H26N6O2/c1-17(19-8-5-9-20(16-19)21(31)18-6-3-2-4-7-18)22-26-23(28-27-22)30-11-10-25-24(30)29-12-14-32-15-13-29/h2-9,16-17H,10-15H2,1H3,(H,26,27,28). The van der Waals surface area contributed by atoms with E-state index < -0.39 is 0 Å². The maximum Gasteiger partial charge on any atom is 0.228 e. The molecule has 1 N–H and O–H groups in total. The van der Waals surface area contributed by atoms with Crippen molar-refractivity contribution in [3.8, 4) is 0 Å². The Balaban J connectivity index is 1.34. The minimum Gasteiger partial charge on any atom is -0.378 e. The second-order valence-corrected chi connectivity index (χ2v) is 7.99. The number of hydrogen-bond donors (Lipinski definition) is 1. The van der Waals surface area contributed by atoms with E-state index in [9.17, 15) is 4.79 Å². The molecule has 8 nitrogen and oxygen atoms in total. The van der Waals surface area contributed by atoms with Crippen molar-refractivity contribution >= 4 is 17.7 Å². The minimum atomic E-state index is -0.0603. The third kappa shape index (κ3) is 4.01. The number of carbonyl (C=O) groups is 1. The smallest absolute Gasteiger partial charge is 0.228 e. The molecule has 0 aliphatic carbocycles. The summed E-state index contributed by atoms with van der Waals surface area (Å²) in [6, 6.07) is 17.1. The fourth-order valence-corrected chi connectivity index (χ4v) is 4.10. The van der Waals surface area contributed by atoms with E-state index >= 15 is 0 Å². The van der Waals surface area contributed by atoms with Gasteiger partial charge in [-0.2, -0.15) is 10.1 Å². The number of aromatic nitrogens is 3. The summed E-state index contributed by atoms with van der Waals surface area (Å²) < 4.78 is 5.46. The van der Waals surface area contributed by atoms with Crippen LogP contribution < -0.4 is 4.90 Å². The zero-order chi connectivity index (χ0) is 21.9. The summed E-state index contributed by atoms with van der Waals surface area (Å²) >= 11 is 0. The molecule has 3 aromatic rings. The van der Waals surface area contributed by atoms with Crippen molar-refractivity contribution in [2.45, 2.75) is 12.8 Å². The molecule has 0 amide bonds. The van der Waals surface area contributed by atoms with Gasteiger partial charge in [-0.25, -0.2) is 5.10 Å². The van der Waals surface area contributed by atoms with Crippen molar-refractivity contribution in [1.29, 1.82) is 0 Å². The number of H-pyrrole nitrogens is 1. The molecule has 1 unspecified atom stereocenters. The molecule has 3 heterocycles. The van der Waals surface area contributed by atoms with Crippen molar-refractivity contribution in [3.63, 3.8) is 0 Å². The van der Waals surface area contributed by atoms with Gasteiger partial charge in [-0.3, -0.25) is 14.7 Å². The van der Waals surface area contributed by atoms with Gasteiger partial charge >= 0.3 is 0 Å². The van der Waals surface area contributed by atoms with E-state index in [0.29, 0.717) is 36.1 Å². The Morgan fingerprint density at radius 1 is 1.03 bits per heavy atom. The number of hydrogen-bond acceptors (Lipinski definition) is 7. The van der Waals surface area contributed by atoms with E-state index in [0.717, 1.165) is 37.7 Å². The molecule has 8 heteroatoms. The minimum absolute atomic E-state index is 0.0127. The maximum atomic E-state index is 12.9. The van der Waals surface area contributed by atoms with E-state index in [2.05, 4.69) is 31.9 Å². The zero-order valence-corrected chi connectivity index (χ0v) is 18.1. The van der Waals surface area contributed by atoms with Gasteiger partial charge < -0.3 is 9.64 Å². The van der Waals surface area contributed by atoms with Crippen LogP contribution in [0.1, 0.15) is 40.2 Å². The Morgan fingerprint density at radius 2 is 1.81 bits per heavy atom. The van der Waals surface area contributed by atoms with Crippen molar-refractivity contribution in [2.75, 3.05) is 44.3 Å². The van der Waals surface area contributed by atoms with Gasteiger partial charge in [0.2, 0.25) is 11.9 Å². The highest BCUT2D eigenvalue weighted by Crippen LogP contribution is 2.25. The van der Waals surface area contributed by atoms with Crippen LogP contribution in [-0.2, 0) is 4.74 Å².